The zero-order chi connectivity index (χ0) is 21.3. The maximum absolute atomic E-state index is 6.32. The molecule has 2 aromatic heterocycles. The number of aromatic nitrogens is 3. The van der Waals surface area contributed by atoms with Gasteiger partial charge in [0.1, 0.15) is 23.7 Å². The number of hydrogen-bond donors (Lipinski definition) is 1. The average molecular weight is 423 g/mol. The SMILES string of the molecule is CCCc1nc2c(N)nc3cc(OCc4ccccc4Cl)ccc3c2n1CC(C)C. The molecule has 0 saturated heterocycles. The molecule has 0 saturated carbocycles. The van der Waals surface area contributed by atoms with Crippen LogP contribution in [0.25, 0.3) is 21.9 Å². The largest absolute Gasteiger partial charge is 0.489 e. The summed E-state index contributed by atoms with van der Waals surface area (Å²) in [6.07, 6.45) is 1.95. The Bertz CT molecular complexity index is 1200. The third-order valence-corrected chi connectivity index (χ3v) is 5.50. The van der Waals surface area contributed by atoms with Gasteiger partial charge < -0.3 is 15.0 Å². The van der Waals surface area contributed by atoms with Gasteiger partial charge in [0, 0.05) is 35.0 Å². The van der Waals surface area contributed by atoms with Crippen molar-refractivity contribution in [3.05, 3.63) is 58.9 Å². The van der Waals surface area contributed by atoms with Crippen LogP contribution < -0.4 is 10.5 Å². The Labute approximate surface area is 181 Å². The molecule has 5 nitrogen and oxygen atoms in total. The number of ether oxygens (including phenoxy) is 1. The number of nitrogens with zero attached hydrogens (tertiary/aromatic N) is 3. The third kappa shape index (κ3) is 3.94. The van der Waals surface area contributed by atoms with E-state index in [0.717, 1.165) is 58.5 Å². The van der Waals surface area contributed by atoms with Crippen molar-refractivity contribution in [2.75, 3.05) is 5.73 Å². The molecular weight excluding hydrogens is 396 g/mol. The molecule has 2 aromatic carbocycles. The minimum atomic E-state index is 0.398. The minimum Gasteiger partial charge on any atom is -0.489 e. The molecule has 0 aliphatic carbocycles. The van der Waals surface area contributed by atoms with Gasteiger partial charge in [-0.15, -0.1) is 0 Å². The fraction of sp³-hybridized carbons (Fsp3) is 0.333. The molecule has 0 fully saturated rings. The van der Waals surface area contributed by atoms with E-state index in [9.17, 15) is 0 Å². The van der Waals surface area contributed by atoms with Gasteiger partial charge in [0.2, 0.25) is 0 Å². The van der Waals surface area contributed by atoms with Crippen molar-refractivity contribution in [3.8, 4) is 5.75 Å². The van der Waals surface area contributed by atoms with Crippen molar-refractivity contribution in [2.45, 2.75) is 46.8 Å². The Morgan fingerprint density at radius 2 is 1.93 bits per heavy atom. The summed E-state index contributed by atoms with van der Waals surface area (Å²) in [4.78, 5) is 9.47. The zero-order valence-electron chi connectivity index (χ0n) is 17.7. The lowest BCUT2D eigenvalue weighted by Gasteiger charge is -2.13. The van der Waals surface area contributed by atoms with E-state index in [0.29, 0.717) is 23.4 Å². The molecule has 0 atom stereocenters. The van der Waals surface area contributed by atoms with Crippen molar-refractivity contribution >= 4 is 39.4 Å². The van der Waals surface area contributed by atoms with Crippen molar-refractivity contribution in [1.82, 2.24) is 14.5 Å². The summed E-state index contributed by atoms with van der Waals surface area (Å²) in [5.41, 5.74) is 9.93. The highest BCUT2D eigenvalue weighted by Crippen LogP contribution is 2.32. The second-order valence-corrected chi connectivity index (χ2v) is 8.44. The Kier molecular flexibility index (Phi) is 5.82. The molecule has 0 aliphatic heterocycles. The Hall–Kier alpha value is -2.79. The predicted molar refractivity (Wildman–Crippen MR) is 124 cm³/mol. The predicted octanol–water partition coefficient (Wildman–Crippen LogP) is 6.01. The number of hydrogen-bond acceptors (Lipinski definition) is 4. The number of rotatable bonds is 7. The Morgan fingerprint density at radius 1 is 1.13 bits per heavy atom. The van der Waals surface area contributed by atoms with E-state index in [-0.39, 0.29) is 0 Å². The van der Waals surface area contributed by atoms with Crippen LogP contribution in [0.3, 0.4) is 0 Å². The molecule has 0 spiro atoms. The number of halogens is 1. The second-order valence-electron chi connectivity index (χ2n) is 8.04. The Morgan fingerprint density at radius 3 is 2.67 bits per heavy atom. The number of anilines is 1. The summed E-state index contributed by atoms with van der Waals surface area (Å²) in [6.45, 7) is 7.90. The summed E-state index contributed by atoms with van der Waals surface area (Å²) >= 11 is 6.24. The summed E-state index contributed by atoms with van der Waals surface area (Å²) in [5, 5.41) is 1.74. The van der Waals surface area contributed by atoms with E-state index in [2.05, 4.69) is 36.4 Å². The van der Waals surface area contributed by atoms with Gasteiger partial charge in [-0.1, -0.05) is 50.6 Å². The van der Waals surface area contributed by atoms with Gasteiger partial charge in [-0.3, -0.25) is 0 Å². The lowest BCUT2D eigenvalue weighted by molar-refractivity contribution is 0.306. The highest BCUT2D eigenvalue weighted by atomic mass is 35.5. The third-order valence-electron chi connectivity index (χ3n) is 5.13. The molecule has 0 aliphatic rings. The fourth-order valence-electron chi connectivity index (χ4n) is 3.78. The van der Waals surface area contributed by atoms with Crippen LogP contribution >= 0.6 is 11.6 Å². The smallest absolute Gasteiger partial charge is 0.152 e. The minimum absolute atomic E-state index is 0.398. The topological polar surface area (TPSA) is 66.0 Å². The van der Waals surface area contributed by atoms with Gasteiger partial charge in [0.15, 0.2) is 5.82 Å². The Balaban J connectivity index is 1.77. The summed E-state index contributed by atoms with van der Waals surface area (Å²) in [7, 11) is 0. The molecule has 0 amide bonds. The lowest BCUT2D eigenvalue weighted by atomic mass is 10.1. The molecular formula is C24H27ClN4O. The standard InChI is InChI=1S/C24H27ClN4O/c1-4-7-21-28-22-23(29(21)13-15(2)3)18-11-10-17(12-20(18)27-24(22)26)30-14-16-8-5-6-9-19(16)25/h5-6,8-12,15H,4,7,13-14H2,1-3H3,(H2,26,27). The molecule has 4 rings (SSSR count). The first-order chi connectivity index (χ1) is 14.5. The van der Waals surface area contributed by atoms with E-state index in [1.54, 1.807) is 0 Å². The van der Waals surface area contributed by atoms with Crippen LogP contribution in [-0.2, 0) is 19.6 Å². The van der Waals surface area contributed by atoms with Crippen molar-refractivity contribution in [3.63, 3.8) is 0 Å². The normalized spacial score (nSPS) is 11.6. The van der Waals surface area contributed by atoms with Crippen LogP contribution in [0.15, 0.2) is 42.5 Å². The quantitative estimate of drug-likeness (QED) is 0.396. The number of nitrogen functional groups attached to an aromatic ring is 1. The van der Waals surface area contributed by atoms with Crippen LogP contribution in [0.5, 0.6) is 5.75 Å². The molecule has 2 heterocycles. The summed E-state index contributed by atoms with van der Waals surface area (Å²) in [6, 6.07) is 13.7. The summed E-state index contributed by atoms with van der Waals surface area (Å²) < 4.78 is 8.30. The number of benzene rings is 2. The molecule has 0 unspecified atom stereocenters. The van der Waals surface area contributed by atoms with Gasteiger partial charge in [-0.05, 0) is 30.5 Å². The molecule has 156 valence electrons. The number of aryl methyl sites for hydroxylation is 1. The van der Waals surface area contributed by atoms with E-state index in [1.165, 1.54) is 0 Å². The number of imidazole rings is 1. The van der Waals surface area contributed by atoms with Gasteiger partial charge in [-0.2, -0.15) is 0 Å². The van der Waals surface area contributed by atoms with Crippen LogP contribution in [-0.4, -0.2) is 14.5 Å². The lowest BCUT2D eigenvalue weighted by Crippen LogP contribution is -2.09. The summed E-state index contributed by atoms with van der Waals surface area (Å²) in [5.74, 6) is 2.76. The van der Waals surface area contributed by atoms with Crippen LogP contribution in [0.4, 0.5) is 5.82 Å². The van der Waals surface area contributed by atoms with Gasteiger partial charge in [0.05, 0.1) is 11.0 Å². The van der Waals surface area contributed by atoms with Gasteiger partial charge in [0.25, 0.3) is 0 Å². The maximum Gasteiger partial charge on any atom is 0.152 e. The van der Waals surface area contributed by atoms with Crippen molar-refractivity contribution < 1.29 is 4.74 Å². The maximum atomic E-state index is 6.32. The monoisotopic (exact) mass is 422 g/mol. The first kappa shape index (κ1) is 20.5. The van der Waals surface area contributed by atoms with Crippen LogP contribution in [0.2, 0.25) is 5.02 Å². The molecule has 30 heavy (non-hydrogen) atoms. The highest BCUT2D eigenvalue weighted by molar-refractivity contribution is 6.31. The van der Waals surface area contributed by atoms with E-state index in [4.69, 9.17) is 27.1 Å². The number of nitrogens with two attached hydrogens (primary N) is 1. The molecule has 6 heteroatoms. The van der Waals surface area contributed by atoms with E-state index >= 15 is 0 Å². The first-order valence-corrected chi connectivity index (χ1v) is 10.8. The van der Waals surface area contributed by atoms with Gasteiger partial charge >= 0.3 is 0 Å². The van der Waals surface area contributed by atoms with Crippen molar-refractivity contribution in [1.29, 1.82) is 0 Å². The van der Waals surface area contributed by atoms with E-state index < -0.39 is 0 Å². The zero-order valence-corrected chi connectivity index (χ0v) is 18.4. The molecule has 2 N–H and O–H groups in total. The molecule has 4 aromatic rings. The number of pyridine rings is 1. The fourth-order valence-corrected chi connectivity index (χ4v) is 3.97. The van der Waals surface area contributed by atoms with Gasteiger partial charge in [-0.25, -0.2) is 9.97 Å². The molecule has 0 bridgehead atoms. The van der Waals surface area contributed by atoms with Crippen molar-refractivity contribution in [2.24, 2.45) is 5.92 Å². The van der Waals surface area contributed by atoms with Crippen LogP contribution in [0.1, 0.15) is 38.6 Å². The van der Waals surface area contributed by atoms with Crippen LogP contribution in [0, 0.1) is 5.92 Å². The van der Waals surface area contributed by atoms with E-state index in [1.807, 2.05) is 36.4 Å². The molecule has 0 radical (unpaired) electrons. The average Bonchev–Trinajstić information content (AvgIpc) is 3.06. The second kappa shape index (κ2) is 8.52. The highest BCUT2D eigenvalue weighted by Gasteiger charge is 2.18. The number of fused-ring (bicyclic) bond motifs is 3. The first-order valence-electron chi connectivity index (χ1n) is 10.4.